The van der Waals surface area contributed by atoms with Crippen LogP contribution in [-0.2, 0) is 11.3 Å². The summed E-state index contributed by atoms with van der Waals surface area (Å²) in [6.45, 7) is 4.90. The van der Waals surface area contributed by atoms with Gasteiger partial charge in [0.05, 0.1) is 12.2 Å². The van der Waals surface area contributed by atoms with Gasteiger partial charge in [0, 0.05) is 37.8 Å². The summed E-state index contributed by atoms with van der Waals surface area (Å²) in [7, 11) is 0. The molecule has 126 valence electrons. The molecule has 2 saturated heterocycles. The van der Waals surface area contributed by atoms with Crippen LogP contribution in [-0.4, -0.2) is 47.0 Å². The van der Waals surface area contributed by atoms with E-state index in [-0.39, 0.29) is 5.56 Å². The van der Waals surface area contributed by atoms with Gasteiger partial charge in [-0.25, -0.2) is 4.68 Å². The Morgan fingerprint density at radius 3 is 2.70 bits per heavy atom. The van der Waals surface area contributed by atoms with Crippen molar-refractivity contribution >= 4 is 0 Å². The first-order valence-corrected chi connectivity index (χ1v) is 9.19. The third kappa shape index (κ3) is 3.66. The molecule has 5 heteroatoms. The van der Waals surface area contributed by atoms with Crippen LogP contribution in [0.2, 0.25) is 0 Å². The molecule has 1 aliphatic carbocycles. The lowest BCUT2D eigenvalue weighted by molar-refractivity contribution is 0.0493. The molecule has 1 aromatic heterocycles. The fraction of sp³-hybridized carbons (Fsp3) is 0.778. The largest absolute Gasteiger partial charge is 0.381 e. The van der Waals surface area contributed by atoms with Gasteiger partial charge in [-0.15, -0.1) is 0 Å². The van der Waals surface area contributed by atoms with E-state index in [0.29, 0.717) is 12.0 Å². The molecule has 23 heavy (non-hydrogen) atoms. The topological polar surface area (TPSA) is 47.4 Å². The number of likely N-dealkylation sites (tertiary alicyclic amines) is 1. The van der Waals surface area contributed by atoms with Crippen molar-refractivity contribution in [3.05, 3.63) is 28.2 Å². The van der Waals surface area contributed by atoms with E-state index in [2.05, 4.69) is 10.00 Å². The first-order chi connectivity index (χ1) is 11.3. The second kappa shape index (κ2) is 6.73. The van der Waals surface area contributed by atoms with Gasteiger partial charge in [0.25, 0.3) is 5.56 Å². The molecule has 5 nitrogen and oxygen atoms in total. The molecule has 3 heterocycles. The molecule has 4 rings (SSSR count). The van der Waals surface area contributed by atoms with Crippen LogP contribution in [0.5, 0.6) is 0 Å². The third-order valence-electron chi connectivity index (χ3n) is 5.60. The fourth-order valence-electron chi connectivity index (χ4n) is 3.99. The van der Waals surface area contributed by atoms with Crippen molar-refractivity contribution in [1.82, 2.24) is 14.7 Å². The molecule has 0 bridgehead atoms. The van der Waals surface area contributed by atoms with Crippen LogP contribution in [0.25, 0.3) is 0 Å². The van der Waals surface area contributed by atoms with Crippen molar-refractivity contribution in [3.63, 3.8) is 0 Å². The maximum atomic E-state index is 12.2. The molecule has 0 spiro atoms. The molecule has 0 radical (unpaired) electrons. The van der Waals surface area contributed by atoms with E-state index < -0.39 is 0 Å². The second-order valence-corrected chi connectivity index (χ2v) is 7.40. The van der Waals surface area contributed by atoms with E-state index in [1.807, 2.05) is 6.07 Å². The van der Waals surface area contributed by atoms with E-state index >= 15 is 0 Å². The van der Waals surface area contributed by atoms with Gasteiger partial charge in [0.2, 0.25) is 0 Å². The summed E-state index contributed by atoms with van der Waals surface area (Å²) < 4.78 is 7.19. The van der Waals surface area contributed by atoms with Crippen molar-refractivity contribution in [3.8, 4) is 0 Å². The lowest BCUT2D eigenvalue weighted by atomic mass is 9.99. The molecule has 3 fully saturated rings. The maximum Gasteiger partial charge on any atom is 0.266 e. The Bertz CT molecular complexity index is 590. The summed E-state index contributed by atoms with van der Waals surface area (Å²) in [4.78, 5) is 14.8. The first-order valence-electron chi connectivity index (χ1n) is 9.19. The van der Waals surface area contributed by atoms with E-state index in [9.17, 15) is 4.79 Å². The SMILES string of the molecule is O=c1ccc(C2CC2)nn1CC1CCCN1CC1CCOCC1. The van der Waals surface area contributed by atoms with Gasteiger partial charge >= 0.3 is 0 Å². The molecule has 0 amide bonds. The van der Waals surface area contributed by atoms with Crippen molar-refractivity contribution < 1.29 is 4.74 Å². The highest BCUT2D eigenvalue weighted by atomic mass is 16.5. The van der Waals surface area contributed by atoms with Crippen LogP contribution in [0, 0.1) is 5.92 Å². The van der Waals surface area contributed by atoms with Crippen LogP contribution in [0.1, 0.15) is 50.1 Å². The summed E-state index contributed by atoms with van der Waals surface area (Å²) in [5.74, 6) is 1.36. The van der Waals surface area contributed by atoms with Gasteiger partial charge in [-0.05, 0) is 57.1 Å². The van der Waals surface area contributed by atoms with Crippen LogP contribution < -0.4 is 5.56 Å². The summed E-state index contributed by atoms with van der Waals surface area (Å²) in [6.07, 6.45) is 7.24. The summed E-state index contributed by atoms with van der Waals surface area (Å²) in [5, 5.41) is 4.64. The monoisotopic (exact) mass is 317 g/mol. The highest BCUT2D eigenvalue weighted by Gasteiger charge is 2.29. The Labute approximate surface area is 137 Å². The van der Waals surface area contributed by atoms with Crippen molar-refractivity contribution in [1.29, 1.82) is 0 Å². The molecular weight excluding hydrogens is 290 g/mol. The average molecular weight is 317 g/mol. The zero-order valence-corrected chi connectivity index (χ0v) is 13.8. The average Bonchev–Trinajstić information content (AvgIpc) is 3.33. The van der Waals surface area contributed by atoms with Crippen molar-refractivity contribution in [2.45, 2.75) is 57.0 Å². The van der Waals surface area contributed by atoms with E-state index in [1.54, 1.807) is 10.7 Å². The highest BCUT2D eigenvalue weighted by molar-refractivity contribution is 5.12. The summed E-state index contributed by atoms with van der Waals surface area (Å²) >= 11 is 0. The molecule has 3 aliphatic rings. The van der Waals surface area contributed by atoms with Crippen LogP contribution in [0.15, 0.2) is 16.9 Å². The lowest BCUT2D eigenvalue weighted by Gasteiger charge is -2.31. The first kappa shape index (κ1) is 15.3. The smallest absolute Gasteiger partial charge is 0.266 e. The number of hydrogen-bond donors (Lipinski definition) is 0. The van der Waals surface area contributed by atoms with Gasteiger partial charge in [0.15, 0.2) is 0 Å². The van der Waals surface area contributed by atoms with Crippen LogP contribution >= 0.6 is 0 Å². The van der Waals surface area contributed by atoms with E-state index in [4.69, 9.17) is 4.74 Å². The Hall–Kier alpha value is -1.20. The standard InChI is InChI=1S/C18H27N3O2/c22-18-6-5-17(15-3-4-15)19-21(18)13-16-2-1-9-20(16)12-14-7-10-23-11-8-14/h5-6,14-16H,1-4,7-13H2. The van der Waals surface area contributed by atoms with Gasteiger partial charge < -0.3 is 4.74 Å². The Balaban J connectivity index is 1.42. The van der Waals surface area contributed by atoms with Gasteiger partial charge in [-0.3, -0.25) is 9.69 Å². The Kier molecular flexibility index (Phi) is 4.49. The van der Waals surface area contributed by atoms with Gasteiger partial charge in [-0.2, -0.15) is 5.10 Å². The van der Waals surface area contributed by atoms with Gasteiger partial charge in [-0.1, -0.05) is 0 Å². The number of nitrogens with zero attached hydrogens (tertiary/aromatic N) is 3. The van der Waals surface area contributed by atoms with Crippen molar-refractivity contribution in [2.24, 2.45) is 5.92 Å². The summed E-state index contributed by atoms with van der Waals surface area (Å²) in [5.41, 5.74) is 1.16. The third-order valence-corrected chi connectivity index (χ3v) is 5.60. The predicted molar refractivity (Wildman–Crippen MR) is 88.6 cm³/mol. The molecule has 1 saturated carbocycles. The minimum absolute atomic E-state index is 0.0484. The zero-order valence-electron chi connectivity index (χ0n) is 13.8. The summed E-state index contributed by atoms with van der Waals surface area (Å²) in [6, 6.07) is 4.10. The maximum absolute atomic E-state index is 12.2. The number of rotatable bonds is 5. The Morgan fingerprint density at radius 1 is 1.09 bits per heavy atom. The highest BCUT2D eigenvalue weighted by Crippen LogP contribution is 2.38. The molecule has 1 aromatic rings. The van der Waals surface area contributed by atoms with Crippen LogP contribution in [0.4, 0.5) is 0 Å². The van der Waals surface area contributed by atoms with E-state index in [1.165, 1.54) is 45.1 Å². The molecule has 0 N–H and O–H groups in total. The quantitative estimate of drug-likeness (QED) is 0.833. The number of ether oxygens (including phenoxy) is 1. The van der Waals surface area contributed by atoms with Crippen LogP contribution in [0.3, 0.4) is 0 Å². The normalized spacial score (nSPS) is 26.7. The molecule has 0 aromatic carbocycles. The molecule has 2 aliphatic heterocycles. The van der Waals surface area contributed by atoms with Gasteiger partial charge in [0.1, 0.15) is 0 Å². The predicted octanol–water partition coefficient (Wildman–Crippen LogP) is 2.01. The number of hydrogen-bond acceptors (Lipinski definition) is 4. The lowest BCUT2D eigenvalue weighted by Crippen LogP contribution is -2.40. The number of aromatic nitrogens is 2. The van der Waals surface area contributed by atoms with E-state index in [0.717, 1.165) is 37.9 Å². The molecule has 1 atom stereocenters. The fourth-order valence-corrected chi connectivity index (χ4v) is 3.99. The second-order valence-electron chi connectivity index (χ2n) is 7.40. The molecule has 1 unspecified atom stereocenters. The zero-order chi connectivity index (χ0) is 15.6. The minimum atomic E-state index is 0.0484. The molecular formula is C18H27N3O2. The minimum Gasteiger partial charge on any atom is -0.381 e. The Morgan fingerprint density at radius 2 is 1.91 bits per heavy atom. The van der Waals surface area contributed by atoms with Crippen molar-refractivity contribution in [2.75, 3.05) is 26.3 Å².